The van der Waals surface area contributed by atoms with Gasteiger partial charge in [-0.15, -0.1) is 5.10 Å². The molecule has 1 aliphatic rings. The van der Waals surface area contributed by atoms with Crippen molar-refractivity contribution in [3.8, 4) is 5.69 Å². The molecule has 3 heterocycles. The van der Waals surface area contributed by atoms with E-state index >= 15 is 0 Å². The summed E-state index contributed by atoms with van der Waals surface area (Å²) in [4.78, 5) is 0. The fourth-order valence-electron chi connectivity index (χ4n) is 1.66. The van der Waals surface area contributed by atoms with Gasteiger partial charge in [-0.25, -0.2) is 4.68 Å². The zero-order valence-electron chi connectivity index (χ0n) is 8.01. The third-order valence-corrected chi connectivity index (χ3v) is 3.01. The van der Waals surface area contributed by atoms with E-state index in [2.05, 4.69) is 16.9 Å². The largest absolute Gasteiger partial charge is 0.370 e. The standard InChI is InChI=1S/C10H9N3OS/c1-7-4-14-5-9-10(7)13(12-11-9)8-2-3-15-6-8/h2-3,6H,1,4-5H2. The quantitative estimate of drug-likeness (QED) is 0.735. The van der Waals surface area contributed by atoms with Crippen molar-refractivity contribution >= 4 is 16.9 Å². The van der Waals surface area contributed by atoms with Crippen molar-refractivity contribution in [1.82, 2.24) is 15.0 Å². The summed E-state index contributed by atoms with van der Waals surface area (Å²) in [6.07, 6.45) is 0. The summed E-state index contributed by atoms with van der Waals surface area (Å²) in [5.74, 6) is 0. The maximum Gasteiger partial charge on any atom is 0.117 e. The van der Waals surface area contributed by atoms with E-state index in [9.17, 15) is 0 Å². The fraction of sp³-hybridized carbons (Fsp3) is 0.200. The number of hydrogen-bond acceptors (Lipinski definition) is 4. The highest BCUT2D eigenvalue weighted by atomic mass is 32.1. The molecule has 0 aliphatic carbocycles. The molecular weight excluding hydrogens is 210 g/mol. The molecule has 0 bridgehead atoms. The Morgan fingerprint density at radius 3 is 3.20 bits per heavy atom. The molecule has 0 amide bonds. The number of hydrogen-bond donors (Lipinski definition) is 0. The zero-order chi connectivity index (χ0) is 10.3. The van der Waals surface area contributed by atoms with Crippen molar-refractivity contribution in [1.29, 1.82) is 0 Å². The summed E-state index contributed by atoms with van der Waals surface area (Å²) in [6, 6.07) is 2.02. The maximum absolute atomic E-state index is 5.33. The Morgan fingerprint density at radius 2 is 2.40 bits per heavy atom. The van der Waals surface area contributed by atoms with Crippen molar-refractivity contribution in [3.05, 3.63) is 34.8 Å². The molecule has 0 fully saturated rings. The summed E-state index contributed by atoms with van der Waals surface area (Å²) in [7, 11) is 0. The van der Waals surface area contributed by atoms with Crippen LogP contribution in [0.15, 0.2) is 23.4 Å². The normalized spacial score (nSPS) is 15.3. The van der Waals surface area contributed by atoms with Crippen molar-refractivity contribution in [3.63, 3.8) is 0 Å². The van der Waals surface area contributed by atoms with Crippen molar-refractivity contribution in [2.75, 3.05) is 6.61 Å². The van der Waals surface area contributed by atoms with Crippen LogP contribution in [0, 0.1) is 0 Å². The SMILES string of the molecule is C=C1COCc2nnn(-c3ccsc3)c21. The summed E-state index contributed by atoms with van der Waals surface area (Å²) in [6.45, 7) is 5.06. The van der Waals surface area contributed by atoms with Crippen LogP contribution in [0.5, 0.6) is 0 Å². The zero-order valence-corrected chi connectivity index (χ0v) is 8.83. The molecule has 1 aliphatic heterocycles. The molecule has 0 saturated heterocycles. The van der Waals surface area contributed by atoms with E-state index in [0.29, 0.717) is 13.2 Å². The van der Waals surface area contributed by atoms with E-state index < -0.39 is 0 Å². The molecule has 0 unspecified atom stereocenters. The first-order valence-electron chi connectivity index (χ1n) is 4.59. The molecule has 0 spiro atoms. The predicted molar refractivity (Wildman–Crippen MR) is 57.9 cm³/mol. The third kappa shape index (κ3) is 1.32. The molecule has 4 nitrogen and oxygen atoms in total. The van der Waals surface area contributed by atoms with Crippen LogP contribution in [0.3, 0.4) is 0 Å². The first-order valence-corrected chi connectivity index (χ1v) is 5.53. The van der Waals surface area contributed by atoms with E-state index in [0.717, 1.165) is 22.6 Å². The number of rotatable bonds is 1. The Morgan fingerprint density at radius 1 is 1.47 bits per heavy atom. The molecule has 3 rings (SSSR count). The second-order valence-corrected chi connectivity index (χ2v) is 4.15. The van der Waals surface area contributed by atoms with Crippen molar-refractivity contribution in [2.45, 2.75) is 6.61 Å². The fourth-order valence-corrected chi connectivity index (χ4v) is 2.28. The van der Waals surface area contributed by atoms with Crippen LogP contribution >= 0.6 is 11.3 Å². The number of thiophene rings is 1. The predicted octanol–water partition coefficient (Wildman–Crippen LogP) is 1.87. The monoisotopic (exact) mass is 219 g/mol. The van der Waals surface area contributed by atoms with Gasteiger partial charge in [0.15, 0.2) is 0 Å². The lowest BCUT2D eigenvalue weighted by Crippen LogP contribution is -2.11. The highest BCUT2D eigenvalue weighted by Gasteiger charge is 2.21. The molecule has 0 aromatic carbocycles. The minimum Gasteiger partial charge on any atom is -0.370 e. The average molecular weight is 219 g/mol. The lowest BCUT2D eigenvalue weighted by molar-refractivity contribution is 0.143. The lowest BCUT2D eigenvalue weighted by Gasteiger charge is -2.14. The van der Waals surface area contributed by atoms with Gasteiger partial charge in [-0.1, -0.05) is 11.8 Å². The molecule has 15 heavy (non-hydrogen) atoms. The second-order valence-electron chi connectivity index (χ2n) is 3.37. The van der Waals surface area contributed by atoms with Crippen LogP contribution in [0.25, 0.3) is 11.3 Å². The summed E-state index contributed by atoms with van der Waals surface area (Å²) in [5.41, 5.74) is 3.85. The van der Waals surface area contributed by atoms with E-state index in [1.54, 1.807) is 11.3 Å². The van der Waals surface area contributed by atoms with E-state index in [4.69, 9.17) is 4.74 Å². The van der Waals surface area contributed by atoms with E-state index in [1.807, 2.05) is 21.5 Å². The molecule has 5 heteroatoms. The third-order valence-electron chi connectivity index (χ3n) is 2.34. The van der Waals surface area contributed by atoms with Crippen molar-refractivity contribution in [2.24, 2.45) is 0 Å². The topological polar surface area (TPSA) is 39.9 Å². The summed E-state index contributed by atoms with van der Waals surface area (Å²) >= 11 is 1.64. The van der Waals surface area contributed by atoms with Crippen LogP contribution in [-0.4, -0.2) is 21.6 Å². The van der Waals surface area contributed by atoms with Gasteiger partial charge in [0.2, 0.25) is 0 Å². The first-order chi connectivity index (χ1) is 7.36. The lowest BCUT2D eigenvalue weighted by atomic mass is 10.1. The van der Waals surface area contributed by atoms with Crippen LogP contribution in [-0.2, 0) is 11.3 Å². The van der Waals surface area contributed by atoms with Gasteiger partial charge in [0.1, 0.15) is 5.69 Å². The van der Waals surface area contributed by atoms with Gasteiger partial charge >= 0.3 is 0 Å². The number of fused-ring (bicyclic) bond motifs is 1. The number of aromatic nitrogens is 3. The number of nitrogens with zero attached hydrogens (tertiary/aromatic N) is 3. The molecular formula is C10H9N3OS. The van der Waals surface area contributed by atoms with E-state index in [-0.39, 0.29) is 0 Å². The molecule has 0 saturated carbocycles. The Labute approximate surface area is 90.8 Å². The second kappa shape index (κ2) is 3.29. The molecule has 0 atom stereocenters. The smallest absolute Gasteiger partial charge is 0.117 e. The Hall–Kier alpha value is -1.46. The Balaban J connectivity index is 2.18. The maximum atomic E-state index is 5.33. The summed E-state index contributed by atoms with van der Waals surface area (Å²) < 4.78 is 7.16. The molecule has 76 valence electrons. The van der Waals surface area contributed by atoms with Gasteiger partial charge in [0.05, 0.1) is 24.6 Å². The van der Waals surface area contributed by atoms with E-state index in [1.165, 1.54) is 0 Å². The van der Waals surface area contributed by atoms with Crippen LogP contribution in [0.4, 0.5) is 0 Å². The Kier molecular flexibility index (Phi) is 1.93. The van der Waals surface area contributed by atoms with Gasteiger partial charge in [-0.05, 0) is 17.0 Å². The van der Waals surface area contributed by atoms with Gasteiger partial charge in [-0.3, -0.25) is 0 Å². The minimum absolute atomic E-state index is 0.526. The Bertz CT molecular complexity index is 501. The molecule has 0 radical (unpaired) electrons. The van der Waals surface area contributed by atoms with Gasteiger partial charge < -0.3 is 4.74 Å². The first kappa shape index (κ1) is 8.82. The van der Waals surface area contributed by atoms with Crippen LogP contribution in [0.1, 0.15) is 11.4 Å². The minimum atomic E-state index is 0.526. The number of ether oxygens (including phenoxy) is 1. The van der Waals surface area contributed by atoms with Gasteiger partial charge in [0.25, 0.3) is 0 Å². The highest BCUT2D eigenvalue weighted by Crippen LogP contribution is 2.25. The van der Waals surface area contributed by atoms with Crippen LogP contribution in [0.2, 0.25) is 0 Å². The molecule has 0 N–H and O–H groups in total. The van der Waals surface area contributed by atoms with Gasteiger partial charge in [-0.2, -0.15) is 11.3 Å². The molecule has 2 aromatic rings. The van der Waals surface area contributed by atoms with Gasteiger partial charge in [0, 0.05) is 5.38 Å². The summed E-state index contributed by atoms with van der Waals surface area (Å²) in [5, 5.41) is 12.3. The average Bonchev–Trinajstić information content (AvgIpc) is 2.85. The van der Waals surface area contributed by atoms with Crippen molar-refractivity contribution < 1.29 is 4.74 Å². The highest BCUT2D eigenvalue weighted by molar-refractivity contribution is 7.08. The van der Waals surface area contributed by atoms with Crippen LogP contribution < -0.4 is 0 Å². The molecule has 2 aromatic heterocycles.